The highest BCUT2D eigenvalue weighted by Gasteiger charge is 2.42. The zero-order chi connectivity index (χ0) is 9.97. The van der Waals surface area contributed by atoms with Gasteiger partial charge in [-0.05, 0) is 25.7 Å². The van der Waals surface area contributed by atoms with E-state index in [9.17, 15) is 0 Å². The van der Waals surface area contributed by atoms with Crippen LogP contribution in [0.2, 0.25) is 0 Å². The van der Waals surface area contributed by atoms with Crippen molar-refractivity contribution in [1.29, 1.82) is 10.5 Å². The minimum absolute atomic E-state index is 0.320. The maximum absolute atomic E-state index is 8.67. The van der Waals surface area contributed by atoms with Gasteiger partial charge in [-0.25, -0.2) is 0 Å². The SMILES string of the molecule is N#CCC(NC#N)=[N+](C1CC1)C1CC1. The van der Waals surface area contributed by atoms with Gasteiger partial charge >= 0.3 is 0 Å². The van der Waals surface area contributed by atoms with Crippen LogP contribution in [0.5, 0.6) is 0 Å². The molecule has 72 valence electrons. The molecule has 0 amide bonds. The second-order valence-electron chi connectivity index (χ2n) is 3.89. The number of nitrogens with zero attached hydrogens (tertiary/aromatic N) is 3. The Morgan fingerprint density at radius 1 is 1.21 bits per heavy atom. The molecule has 2 rings (SSSR count). The fraction of sp³-hybridized carbons (Fsp3) is 0.700. The van der Waals surface area contributed by atoms with Crippen LogP contribution >= 0.6 is 0 Å². The molecule has 1 N–H and O–H groups in total. The highest BCUT2D eigenvalue weighted by Crippen LogP contribution is 2.33. The van der Waals surface area contributed by atoms with E-state index in [0.717, 1.165) is 5.84 Å². The maximum Gasteiger partial charge on any atom is 0.288 e. The Kier molecular flexibility index (Phi) is 2.37. The van der Waals surface area contributed by atoms with Crippen molar-refractivity contribution in [2.24, 2.45) is 0 Å². The average Bonchev–Trinajstić information content (AvgIpc) is 3.00. The first-order valence-electron chi connectivity index (χ1n) is 5.03. The molecule has 14 heavy (non-hydrogen) atoms. The Morgan fingerprint density at radius 3 is 2.14 bits per heavy atom. The summed E-state index contributed by atoms with van der Waals surface area (Å²) in [5.74, 6) is 0.806. The van der Waals surface area contributed by atoms with Crippen LogP contribution in [-0.4, -0.2) is 22.5 Å². The highest BCUT2D eigenvalue weighted by molar-refractivity contribution is 5.80. The van der Waals surface area contributed by atoms with Crippen LogP contribution in [0, 0.1) is 22.8 Å². The smallest absolute Gasteiger partial charge is 0.259 e. The third-order valence-corrected chi connectivity index (χ3v) is 2.64. The predicted octanol–water partition coefficient (Wildman–Crippen LogP) is 0.707. The van der Waals surface area contributed by atoms with Crippen molar-refractivity contribution in [3.63, 3.8) is 0 Å². The zero-order valence-electron chi connectivity index (χ0n) is 8.03. The fourth-order valence-corrected chi connectivity index (χ4v) is 1.78. The molecule has 0 heterocycles. The number of amidine groups is 1. The van der Waals surface area contributed by atoms with E-state index >= 15 is 0 Å². The van der Waals surface area contributed by atoms with Crippen molar-refractivity contribution < 1.29 is 4.58 Å². The van der Waals surface area contributed by atoms with Crippen molar-refractivity contribution in [2.45, 2.75) is 44.2 Å². The Morgan fingerprint density at radius 2 is 1.79 bits per heavy atom. The van der Waals surface area contributed by atoms with Gasteiger partial charge in [-0.3, -0.25) is 4.58 Å². The van der Waals surface area contributed by atoms with Crippen LogP contribution in [0.1, 0.15) is 32.1 Å². The van der Waals surface area contributed by atoms with E-state index in [1.54, 1.807) is 0 Å². The van der Waals surface area contributed by atoms with Crippen molar-refractivity contribution in [1.82, 2.24) is 5.32 Å². The first-order valence-corrected chi connectivity index (χ1v) is 5.03. The molecule has 2 aliphatic carbocycles. The number of nitrogens with one attached hydrogen (secondary N) is 1. The van der Waals surface area contributed by atoms with E-state index in [4.69, 9.17) is 10.5 Å². The lowest BCUT2D eigenvalue weighted by atomic mass is 10.4. The Balaban J connectivity index is 2.19. The van der Waals surface area contributed by atoms with Gasteiger partial charge in [0.15, 0.2) is 0 Å². The van der Waals surface area contributed by atoms with Gasteiger partial charge < -0.3 is 0 Å². The number of hydrogen-bond donors (Lipinski definition) is 1. The Bertz CT molecular complexity index is 304. The third kappa shape index (κ3) is 1.85. The summed E-state index contributed by atoms with van der Waals surface area (Å²) in [4.78, 5) is 0. The van der Waals surface area contributed by atoms with E-state index in [2.05, 4.69) is 16.0 Å². The lowest BCUT2D eigenvalue weighted by molar-refractivity contribution is -0.558. The average molecular weight is 189 g/mol. The normalized spacial score (nSPS) is 19.3. The Labute approximate surface area is 83.5 Å². The predicted molar refractivity (Wildman–Crippen MR) is 50.3 cm³/mol. The van der Waals surface area contributed by atoms with Crippen molar-refractivity contribution >= 4 is 5.84 Å². The van der Waals surface area contributed by atoms with Crippen LogP contribution in [0.3, 0.4) is 0 Å². The number of rotatable bonds is 3. The maximum atomic E-state index is 8.67. The zero-order valence-corrected chi connectivity index (χ0v) is 8.03. The highest BCUT2D eigenvalue weighted by atomic mass is 15.2. The van der Waals surface area contributed by atoms with E-state index in [1.165, 1.54) is 25.7 Å². The van der Waals surface area contributed by atoms with Gasteiger partial charge in [0.2, 0.25) is 0 Å². The van der Waals surface area contributed by atoms with E-state index in [0.29, 0.717) is 18.5 Å². The van der Waals surface area contributed by atoms with Gasteiger partial charge in [0.25, 0.3) is 12.0 Å². The van der Waals surface area contributed by atoms with E-state index in [-0.39, 0.29) is 0 Å². The molecular formula is C10H13N4+. The minimum atomic E-state index is 0.320. The van der Waals surface area contributed by atoms with Gasteiger partial charge in [-0.15, -0.1) is 5.26 Å². The molecule has 0 spiro atoms. The second-order valence-corrected chi connectivity index (χ2v) is 3.89. The van der Waals surface area contributed by atoms with E-state index in [1.807, 2.05) is 6.19 Å². The second kappa shape index (κ2) is 3.67. The van der Waals surface area contributed by atoms with Gasteiger partial charge in [-0.1, -0.05) is 0 Å². The molecule has 2 saturated carbocycles. The summed E-state index contributed by atoms with van der Waals surface area (Å²) in [6.45, 7) is 0. The van der Waals surface area contributed by atoms with Gasteiger partial charge in [-0.2, -0.15) is 10.6 Å². The lowest BCUT2D eigenvalue weighted by Crippen LogP contribution is -2.33. The fourth-order valence-electron chi connectivity index (χ4n) is 1.78. The molecule has 0 aromatic rings. The molecule has 0 bridgehead atoms. The number of nitriles is 2. The van der Waals surface area contributed by atoms with Crippen LogP contribution in [0.4, 0.5) is 0 Å². The summed E-state index contributed by atoms with van der Waals surface area (Å²) in [6, 6.07) is 3.29. The largest absolute Gasteiger partial charge is 0.288 e. The minimum Gasteiger partial charge on any atom is -0.259 e. The summed E-state index contributed by atoms with van der Waals surface area (Å²) in [5, 5.41) is 19.9. The van der Waals surface area contributed by atoms with Crippen LogP contribution in [0.15, 0.2) is 0 Å². The first-order chi connectivity index (χ1) is 6.86. The molecule has 2 fully saturated rings. The third-order valence-electron chi connectivity index (χ3n) is 2.64. The molecule has 0 saturated heterocycles. The van der Waals surface area contributed by atoms with E-state index < -0.39 is 0 Å². The standard InChI is InChI=1S/C10H12N4/c11-6-5-10(13-7-12)14(8-1-2-8)9-3-4-9/h8-9H,1-5H2/p+1. The molecule has 0 unspecified atom stereocenters. The first kappa shape index (κ1) is 9.02. The van der Waals surface area contributed by atoms with Crippen LogP contribution in [0.25, 0.3) is 0 Å². The molecule has 0 radical (unpaired) electrons. The lowest BCUT2D eigenvalue weighted by Gasteiger charge is -2.06. The van der Waals surface area contributed by atoms with Crippen molar-refractivity contribution in [3.8, 4) is 12.3 Å². The van der Waals surface area contributed by atoms with Gasteiger partial charge in [0.05, 0.1) is 18.2 Å². The van der Waals surface area contributed by atoms with Crippen LogP contribution in [-0.2, 0) is 0 Å². The molecule has 0 atom stereocenters. The summed E-state index contributed by atoms with van der Waals surface area (Å²) >= 11 is 0. The van der Waals surface area contributed by atoms with Crippen molar-refractivity contribution in [3.05, 3.63) is 0 Å². The molecule has 0 aromatic carbocycles. The van der Waals surface area contributed by atoms with Gasteiger partial charge in [0.1, 0.15) is 6.42 Å². The summed E-state index contributed by atoms with van der Waals surface area (Å²) in [5.41, 5.74) is 0. The molecule has 0 aliphatic heterocycles. The monoisotopic (exact) mass is 189 g/mol. The summed E-state index contributed by atoms with van der Waals surface area (Å²) in [7, 11) is 0. The topological polar surface area (TPSA) is 62.6 Å². The molecule has 0 aromatic heterocycles. The summed E-state index contributed by atoms with van der Waals surface area (Å²) in [6.07, 6.45) is 7.07. The molecule has 4 nitrogen and oxygen atoms in total. The van der Waals surface area contributed by atoms with Crippen LogP contribution < -0.4 is 5.32 Å². The Hall–Kier alpha value is -1.55. The summed E-state index contributed by atoms with van der Waals surface area (Å²) < 4.78 is 2.26. The van der Waals surface area contributed by atoms with Crippen molar-refractivity contribution in [2.75, 3.05) is 0 Å². The quantitative estimate of drug-likeness (QED) is 0.234. The van der Waals surface area contributed by atoms with Gasteiger partial charge in [0, 0.05) is 0 Å². The molecular weight excluding hydrogens is 176 g/mol. The molecule has 2 aliphatic rings. The number of hydrogen-bond acceptors (Lipinski definition) is 2. The molecule has 4 heteroatoms.